The van der Waals surface area contributed by atoms with Crippen LogP contribution in [0.3, 0.4) is 0 Å². The number of amides is 2. The Labute approximate surface area is 150 Å². The summed E-state index contributed by atoms with van der Waals surface area (Å²) >= 11 is 5.78. The van der Waals surface area contributed by atoms with Gasteiger partial charge < -0.3 is 10.1 Å². The molecule has 0 aliphatic heterocycles. The lowest BCUT2D eigenvalue weighted by atomic mass is 10.2. The van der Waals surface area contributed by atoms with Gasteiger partial charge in [0, 0.05) is 11.6 Å². The third kappa shape index (κ3) is 6.27. The highest BCUT2D eigenvalue weighted by atomic mass is 35.5. The molecule has 2 rings (SSSR count). The van der Waals surface area contributed by atoms with Crippen LogP contribution in [0.15, 0.2) is 53.6 Å². The van der Waals surface area contributed by atoms with Crippen molar-refractivity contribution in [2.75, 3.05) is 6.61 Å². The number of benzene rings is 2. The van der Waals surface area contributed by atoms with Gasteiger partial charge in [-0.1, -0.05) is 35.9 Å². The Hall–Kier alpha value is -2.86. The van der Waals surface area contributed by atoms with E-state index in [2.05, 4.69) is 15.8 Å². The second-order valence-corrected chi connectivity index (χ2v) is 5.45. The van der Waals surface area contributed by atoms with Gasteiger partial charge in [-0.25, -0.2) is 5.43 Å². The lowest BCUT2D eigenvalue weighted by molar-refractivity contribution is -0.139. The monoisotopic (exact) mass is 359 g/mol. The topological polar surface area (TPSA) is 79.8 Å². The van der Waals surface area contributed by atoms with Gasteiger partial charge >= 0.3 is 11.8 Å². The number of nitrogens with one attached hydrogen (secondary N) is 2. The van der Waals surface area contributed by atoms with Gasteiger partial charge in [0.25, 0.3) is 0 Å². The second kappa shape index (κ2) is 9.44. The molecule has 0 aliphatic carbocycles. The molecule has 0 unspecified atom stereocenters. The Balaban J connectivity index is 1.81. The minimum atomic E-state index is -0.842. The van der Waals surface area contributed by atoms with Crippen molar-refractivity contribution >= 4 is 29.6 Å². The molecule has 0 saturated carbocycles. The fourth-order valence-corrected chi connectivity index (χ4v) is 2.06. The molecule has 0 spiro atoms. The van der Waals surface area contributed by atoms with Crippen molar-refractivity contribution in [2.45, 2.75) is 13.5 Å². The highest BCUT2D eigenvalue weighted by Crippen LogP contribution is 2.11. The van der Waals surface area contributed by atoms with E-state index in [1.807, 2.05) is 19.1 Å². The Morgan fingerprint density at radius 2 is 1.92 bits per heavy atom. The van der Waals surface area contributed by atoms with E-state index >= 15 is 0 Å². The summed E-state index contributed by atoms with van der Waals surface area (Å²) in [6, 6.07) is 14.2. The Morgan fingerprint density at radius 1 is 1.16 bits per heavy atom. The highest BCUT2D eigenvalue weighted by molar-refractivity contribution is 6.35. The fourth-order valence-electron chi connectivity index (χ4n) is 1.93. The molecule has 2 aromatic carbocycles. The first-order valence-corrected chi connectivity index (χ1v) is 8.05. The second-order valence-electron chi connectivity index (χ2n) is 5.01. The molecule has 0 bridgehead atoms. The van der Waals surface area contributed by atoms with Crippen LogP contribution in [-0.4, -0.2) is 24.6 Å². The van der Waals surface area contributed by atoms with Crippen molar-refractivity contribution in [3.05, 3.63) is 64.7 Å². The van der Waals surface area contributed by atoms with E-state index in [9.17, 15) is 9.59 Å². The molecule has 2 aromatic rings. The van der Waals surface area contributed by atoms with E-state index in [-0.39, 0.29) is 6.54 Å². The van der Waals surface area contributed by atoms with Crippen LogP contribution in [-0.2, 0) is 16.1 Å². The number of halogens is 1. The van der Waals surface area contributed by atoms with Gasteiger partial charge in [0.1, 0.15) is 5.75 Å². The Morgan fingerprint density at radius 3 is 2.64 bits per heavy atom. The first kappa shape index (κ1) is 18.5. The van der Waals surface area contributed by atoms with Crippen LogP contribution >= 0.6 is 11.6 Å². The van der Waals surface area contributed by atoms with Crippen LogP contribution in [0, 0.1) is 0 Å². The van der Waals surface area contributed by atoms with Crippen LogP contribution in [0.2, 0.25) is 5.02 Å². The Kier molecular flexibility index (Phi) is 6.98. The van der Waals surface area contributed by atoms with Crippen molar-refractivity contribution in [1.29, 1.82) is 0 Å². The van der Waals surface area contributed by atoms with E-state index in [0.717, 1.165) is 11.1 Å². The van der Waals surface area contributed by atoms with Gasteiger partial charge in [-0.05, 0) is 42.3 Å². The van der Waals surface area contributed by atoms with E-state index < -0.39 is 11.8 Å². The van der Waals surface area contributed by atoms with Crippen molar-refractivity contribution in [2.24, 2.45) is 5.10 Å². The minimum absolute atomic E-state index is 0.226. The molecule has 0 aliphatic rings. The zero-order valence-electron chi connectivity index (χ0n) is 13.7. The molecule has 0 fully saturated rings. The maximum Gasteiger partial charge on any atom is 0.329 e. The predicted octanol–water partition coefficient (Wildman–Crippen LogP) is 2.51. The average Bonchev–Trinajstić information content (AvgIpc) is 2.61. The number of hydrogen-bond donors (Lipinski definition) is 2. The molecule has 0 radical (unpaired) electrons. The molecule has 0 heterocycles. The van der Waals surface area contributed by atoms with Crippen LogP contribution in [0.5, 0.6) is 5.75 Å². The van der Waals surface area contributed by atoms with Crippen LogP contribution in [0.4, 0.5) is 0 Å². The standard InChI is InChI=1S/C18H18ClN3O3/c1-2-25-16-5-3-4-14(10-16)12-21-22-18(24)17(23)20-11-13-6-8-15(19)9-7-13/h3-10,12H,2,11H2,1H3,(H,20,23)(H,22,24)/b21-12-. The lowest BCUT2D eigenvalue weighted by Gasteiger charge is -2.04. The normalized spacial score (nSPS) is 10.5. The molecule has 0 atom stereocenters. The maximum atomic E-state index is 11.7. The van der Waals surface area contributed by atoms with E-state index in [4.69, 9.17) is 16.3 Å². The van der Waals surface area contributed by atoms with Crippen LogP contribution in [0.1, 0.15) is 18.1 Å². The smallest absolute Gasteiger partial charge is 0.329 e. The van der Waals surface area contributed by atoms with Gasteiger partial charge in [0.05, 0.1) is 12.8 Å². The Bertz CT molecular complexity index is 760. The van der Waals surface area contributed by atoms with Crippen LogP contribution in [0.25, 0.3) is 0 Å². The molecule has 130 valence electrons. The molecular weight excluding hydrogens is 342 g/mol. The lowest BCUT2D eigenvalue weighted by Crippen LogP contribution is -2.37. The summed E-state index contributed by atoms with van der Waals surface area (Å²) in [7, 11) is 0. The maximum absolute atomic E-state index is 11.7. The van der Waals surface area contributed by atoms with Crippen molar-refractivity contribution in [1.82, 2.24) is 10.7 Å². The summed E-state index contributed by atoms with van der Waals surface area (Å²) in [5.74, 6) is -0.903. The SMILES string of the molecule is CCOc1cccc(/C=N\NC(=O)C(=O)NCc2ccc(Cl)cc2)c1. The van der Waals surface area contributed by atoms with E-state index in [1.165, 1.54) is 6.21 Å². The molecular formula is C18H18ClN3O3. The first-order chi connectivity index (χ1) is 12.1. The van der Waals surface area contributed by atoms with E-state index in [0.29, 0.717) is 17.4 Å². The van der Waals surface area contributed by atoms with Gasteiger partial charge in [-0.3, -0.25) is 9.59 Å². The summed E-state index contributed by atoms with van der Waals surface area (Å²) in [5.41, 5.74) is 3.76. The summed E-state index contributed by atoms with van der Waals surface area (Å²) in [6.45, 7) is 2.68. The molecule has 6 nitrogen and oxygen atoms in total. The highest BCUT2D eigenvalue weighted by Gasteiger charge is 2.11. The summed E-state index contributed by atoms with van der Waals surface area (Å²) in [4.78, 5) is 23.4. The average molecular weight is 360 g/mol. The number of carbonyl (C=O) groups excluding carboxylic acids is 2. The number of nitrogens with zero attached hydrogens (tertiary/aromatic N) is 1. The number of carbonyl (C=O) groups is 2. The van der Waals surface area contributed by atoms with Gasteiger partial charge in [0.2, 0.25) is 0 Å². The number of hydrazone groups is 1. The van der Waals surface area contributed by atoms with Crippen molar-refractivity contribution in [3.8, 4) is 5.75 Å². The van der Waals surface area contributed by atoms with E-state index in [1.54, 1.807) is 36.4 Å². The third-order valence-corrected chi connectivity index (χ3v) is 3.37. The van der Waals surface area contributed by atoms with Crippen LogP contribution < -0.4 is 15.5 Å². The van der Waals surface area contributed by atoms with Gasteiger partial charge in [-0.15, -0.1) is 0 Å². The molecule has 7 heteroatoms. The number of hydrogen-bond acceptors (Lipinski definition) is 4. The van der Waals surface area contributed by atoms with Gasteiger partial charge in [-0.2, -0.15) is 5.10 Å². The minimum Gasteiger partial charge on any atom is -0.494 e. The van der Waals surface area contributed by atoms with Gasteiger partial charge in [0.15, 0.2) is 0 Å². The summed E-state index contributed by atoms with van der Waals surface area (Å²) in [6.07, 6.45) is 1.44. The zero-order chi connectivity index (χ0) is 18.1. The summed E-state index contributed by atoms with van der Waals surface area (Å²) in [5, 5.41) is 6.88. The molecule has 0 aromatic heterocycles. The van der Waals surface area contributed by atoms with Crippen molar-refractivity contribution < 1.29 is 14.3 Å². The number of ether oxygens (including phenoxy) is 1. The first-order valence-electron chi connectivity index (χ1n) is 7.67. The molecule has 2 amide bonds. The summed E-state index contributed by atoms with van der Waals surface area (Å²) < 4.78 is 5.37. The third-order valence-electron chi connectivity index (χ3n) is 3.12. The zero-order valence-corrected chi connectivity index (χ0v) is 14.4. The van der Waals surface area contributed by atoms with Crippen molar-refractivity contribution in [3.63, 3.8) is 0 Å². The fraction of sp³-hybridized carbons (Fsp3) is 0.167. The molecule has 2 N–H and O–H groups in total. The predicted molar refractivity (Wildman–Crippen MR) is 96.6 cm³/mol. The molecule has 25 heavy (non-hydrogen) atoms. The largest absolute Gasteiger partial charge is 0.494 e. The number of rotatable bonds is 6. The quantitative estimate of drug-likeness (QED) is 0.472. The molecule has 0 saturated heterocycles.